The number of ketones is 1. The first-order chi connectivity index (χ1) is 7.68. The second kappa shape index (κ2) is 4.93. The van der Waals surface area contributed by atoms with Crippen molar-refractivity contribution in [1.82, 2.24) is 0 Å². The molecule has 0 unspecified atom stereocenters. The number of halogens is 2. The Morgan fingerprint density at radius 3 is 2.38 bits per heavy atom. The maximum Gasteiger partial charge on any atom is 0.194 e. The minimum Gasteiger partial charge on any atom is -0.289 e. The molecule has 0 heterocycles. The van der Waals surface area contributed by atoms with Crippen molar-refractivity contribution in [3.63, 3.8) is 0 Å². The first-order valence-corrected chi connectivity index (χ1v) is 6.32. The lowest BCUT2D eigenvalue weighted by molar-refractivity contribution is 0.103. The summed E-state index contributed by atoms with van der Waals surface area (Å²) in [5, 5.41) is 0. The zero-order valence-corrected chi connectivity index (χ0v) is 11.5. The molecule has 80 valence electrons. The van der Waals surface area contributed by atoms with Gasteiger partial charge in [-0.05, 0) is 24.3 Å². The Balaban J connectivity index is 2.44. The molecule has 0 amide bonds. The summed E-state index contributed by atoms with van der Waals surface area (Å²) in [5.74, 6) is 0.0220. The van der Waals surface area contributed by atoms with E-state index in [1.54, 1.807) is 0 Å². The highest BCUT2D eigenvalue weighted by Gasteiger charge is 2.11. The molecule has 2 rings (SSSR count). The van der Waals surface area contributed by atoms with E-state index in [0.29, 0.717) is 11.1 Å². The zero-order valence-electron chi connectivity index (χ0n) is 8.28. The van der Waals surface area contributed by atoms with Gasteiger partial charge in [0.1, 0.15) is 0 Å². The molecule has 0 aliphatic rings. The van der Waals surface area contributed by atoms with Gasteiger partial charge < -0.3 is 0 Å². The lowest BCUT2D eigenvalue weighted by atomic mass is 10.0. The van der Waals surface area contributed by atoms with Crippen LogP contribution in [0, 0.1) is 0 Å². The summed E-state index contributed by atoms with van der Waals surface area (Å²) in [4.78, 5) is 12.2. The molecular weight excluding hydrogens is 332 g/mol. The van der Waals surface area contributed by atoms with Crippen LogP contribution in [0.15, 0.2) is 57.5 Å². The summed E-state index contributed by atoms with van der Waals surface area (Å²) in [6, 6.07) is 14.8. The number of carbonyl (C=O) groups excluding carboxylic acids is 1. The van der Waals surface area contributed by atoms with Crippen LogP contribution in [0.4, 0.5) is 0 Å². The fraction of sp³-hybridized carbons (Fsp3) is 0. The predicted octanol–water partition coefficient (Wildman–Crippen LogP) is 4.44. The average molecular weight is 340 g/mol. The minimum atomic E-state index is 0.0220. The number of hydrogen-bond acceptors (Lipinski definition) is 1. The zero-order chi connectivity index (χ0) is 11.5. The van der Waals surface area contributed by atoms with Gasteiger partial charge in [-0.25, -0.2) is 0 Å². The van der Waals surface area contributed by atoms with E-state index in [1.165, 1.54) is 0 Å². The first kappa shape index (κ1) is 11.6. The average Bonchev–Trinajstić information content (AvgIpc) is 2.29. The summed E-state index contributed by atoms with van der Waals surface area (Å²) in [5.41, 5.74) is 1.36. The molecule has 0 spiro atoms. The minimum absolute atomic E-state index is 0.0220. The van der Waals surface area contributed by atoms with Crippen molar-refractivity contribution in [3.8, 4) is 0 Å². The van der Waals surface area contributed by atoms with Crippen LogP contribution in [0.2, 0.25) is 0 Å². The Labute approximate surface area is 111 Å². The number of rotatable bonds is 2. The van der Waals surface area contributed by atoms with Gasteiger partial charge in [-0.15, -0.1) is 0 Å². The van der Waals surface area contributed by atoms with E-state index in [2.05, 4.69) is 31.9 Å². The van der Waals surface area contributed by atoms with Gasteiger partial charge in [-0.1, -0.05) is 56.1 Å². The highest BCUT2D eigenvalue weighted by molar-refractivity contribution is 9.10. The molecule has 0 N–H and O–H groups in total. The Hall–Kier alpha value is -0.930. The molecular formula is C13H8Br2O. The van der Waals surface area contributed by atoms with Gasteiger partial charge in [-0.2, -0.15) is 0 Å². The standard InChI is InChI=1S/C13H8Br2O/c14-10-5-3-4-9(8-10)13(16)11-6-1-2-7-12(11)15/h1-8H. The van der Waals surface area contributed by atoms with Crippen LogP contribution in [0.5, 0.6) is 0 Å². The van der Waals surface area contributed by atoms with E-state index in [1.807, 2.05) is 48.5 Å². The van der Waals surface area contributed by atoms with Crippen molar-refractivity contribution < 1.29 is 4.79 Å². The maximum atomic E-state index is 12.2. The molecule has 16 heavy (non-hydrogen) atoms. The lowest BCUT2D eigenvalue weighted by Gasteiger charge is -2.03. The van der Waals surface area contributed by atoms with Crippen LogP contribution in [0.25, 0.3) is 0 Å². The highest BCUT2D eigenvalue weighted by atomic mass is 79.9. The summed E-state index contributed by atoms with van der Waals surface area (Å²) in [7, 11) is 0. The second-order valence-corrected chi connectivity index (χ2v) is 5.09. The van der Waals surface area contributed by atoms with Crippen LogP contribution >= 0.6 is 31.9 Å². The Bertz CT molecular complexity index is 535. The Morgan fingerprint density at radius 1 is 0.938 bits per heavy atom. The van der Waals surface area contributed by atoms with Crippen molar-refractivity contribution in [2.45, 2.75) is 0 Å². The quantitative estimate of drug-likeness (QED) is 0.739. The summed E-state index contributed by atoms with van der Waals surface area (Å²) in [6.45, 7) is 0. The third-order valence-electron chi connectivity index (χ3n) is 2.21. The van der Waals surface area contributed by atoms with Gasteiger partial charge in [0.05, 0.1) is 0 Å². The number of hydrogen-bond donors (Lipinski definition) is 0. The third kappa shape index (κ3) is 2.42. The van der Waals surface area contributed by atoms with Crippen molar-refractivity contribution in [2.75, 3.05) is 0 Å². The maximum absolute atomic E-state index is 12.2. The molecule has 0 saturated carbocycles. The summed E-state index contributed by atoms with van der Waals surface area (Å²) < 4.78 is 1.73. The Morgan fingerprint density at radius 2 is 1.69 bits per heavy atom. The second-order valence-electron chi connectivity index (χ2n) is 3.32. The monoisotopic (exact) mass is 338 g/mol. The first-order valence-electron chi connectivity index (χ1n) is 4.73. The van der Waals surface area contributed by atoms with Gasteiger partial charge in [0.2, 0.25) is 0 Å². The third-order valence-corrected chi connectivity index (χ3v) is 3.39. The van der Waals surface area contributed by atoms with Crippen molar-refractivity contribution in [2.24, 2.45) is 0 Å². The van der Waals surface area contributed by atoms with Crippen LogP contribution in [0.3, 0.4) is 0 Å². The summed E-state index contributed by atoms with van der Waals surface area (Å²) in [6.07, 6.45) is 0. The van der Waals surface area contributed by atoms with Gasteiger partial charge in [0, 0.05) is 20.1 Å². The van der Waals surface area contributed by atoms with Crippen LogP contribution in [0.1, 0.15) is 15.9 Å². The van der Waals surface area contributed by atoms with Crippen molar-refractivity contribution in [3.05, 3.63) is 68.6 Å². The van der Waals surface area contributed by atoms with Crippen LogP contribution in [-0.2, 0) is 0 Å². The Kier molecular flexibility index (Phi) is 3.56. The molecule has 0 aliphatic heterocycles. The molecule has 0 atom stereocenters. The molecule has 0 aliphatic carbocycles. The SMILES string of the molecule is O=C(c1cccc(Br)c1)c1ccccc1Br. The van der Waals surface area contributed by atoms with E-state index in [-0.39, 0.29) is 5.78 Å². The molecule has 2 aromatic carbocycles. The normalized spacial score (nSPS) is 10.1. The molecule has 0 bridgehead atoms. The molecule has 1 nitrogen and oxygen atoms in total. The summed E-state index contributed by atoms with van der Waals surface area (Å²) >= 11 is 6.74. The molecule has 2 aromatic rings. The van der Waals surface area contributed by atoms with Crippen LogP contribution < -0.4 is 0 Å². The van der Waals surface area contributed by atoms with Gasteiger partial charge in [0.25, 0.3) is 0 Å². The fourth-order valence-corrected chi connectivity index (χ4v) is 2.29. The largest absolute Gasteiger partial charge is 0.289 e. The molecule has 0 aromatic heterocycles. The topological polar surface area (TPSA) is 17.1 Å². The van der Waals surface area contributed by atoms with Gasteiger partial charge in [0.15, 0.2) is 5.78 Å². The van der Waals surface area contributed by atoms with E-state index in [0.717, 1.165) is 8.95 Å². The number of benzene rings is 2. The van der Waals surface area contributed by atoms with Gasteiger partial charge in [-0.3, -0.25) is 4.79 Å². The van der Waals surface area contributed by atoms with E-state index >= 15 is 0 Å². The van der Waals surface area contributed by atoms with E-state index in [9.17, 15) is 4.79 Å². The van der Waals surface area contributed by atoms with Crippen molar-refractivity contribution in [1.29, 1.82) is 0 Å². The van der Waals surface area contributed by atoms with Gasteiger partial charge >= 0.3 is 0 Å². The molecule has 0 saturated heterocycles. The highest BCUT2D eigenvalue weighted by Crippen LogP contribution is 2.21. The molecule has 0 fully saturated rings. The molecule has 3 heteroatoms. The van der Waals surface area contributed by atoms with Crippen molar-refractivity contribution >= 4 is 37.6 Å². The fourth-order valence-electron chi connectivity index (χ4n) is 1.43. The predicted molar refractivity (Wildman–Crippen MR) is 71.7 cm³/mol. The van der Waals surface area contributed by atoms with E-state index in [4.69, 9.17) is 0 Å². The lowest BCUT2D eigenvalue weighted by Crippen LogP contribution is -2.01. The molecule has 0 radical (unpaired) electrons. The smallest absolute Gasteiger partial charge is 0.194 e. The van der Waals surface area contributed by atoms with E-state index < -0.39 is 0 Å². The number of carbonyl (C=O) groups is 1. The van der Waals surface area contributed by atoms with Crippen LogP contribution in [-0.4, -0.2) is 5.78 Å².